The second-order valence-corrected chi connectivity index (χ2v) is 8.04. The number of benzene rings is 2. The number of nitro benzene ring substituents is 1. The number of nitrogens with one attached hydrogen (secondary N) is 1. The average Bonchev–Trinajstić information content (AvgIpc) is 3.29. The number of nitro groups is 1. The highest BCUT2D eigenvalue weighted by atomic mass is 32.1. The molecule has 0 spiro atoms. The lowest BCUT2D eigenvalue weighted by Crippen LogP contribution is -2.35. The van der Waals surface area contributed by atoms with Crippen molar-refractivity contribution < 1.29 is 9.72 Å². The van der Waals surface area contributed by atoms with E-state index in [-0.39, 0.29) is 29.6 Å². The number of non-ortho nitro benzene ring substituents is 1. The second kappa shape index (κ2) is 8.49. The van der Waals surface area contributed by atoms with Crippen molar-refractivity contribution in [3.05, 3.63) is 103 Å². The molecule has 0 aliphatic rings. The van der Waals surface area contributed by atoms with Gasteiger partial charge in [-0.05, 0) is 30.0 Å². The maximum atomic E-state index is 12.8. The molecular weight excluding hydrogens is 416 g/mol. The minimum atomic E-state index is -0.573. The SMILES string of the molecule is Cc1ccc(C(NC(=O)Cn2cnc3ccc([N+](=O)[O-])cc3c2=O)c2cccs2)cc1. The summed E-state index contributed by atoms with van der Waals surface area (Å²) < 4.78 is 1.15. The number of aryl methyl sites for hydroxylation is 1. The van der Waals surface area contributed by atoms with E-state index >= 15 is 0 Å². The number of carbonyl (C=O) groups excluding carboxylic acids is 1. The second-order valence-electron chi connectivity index (χ2n) is 7.06. The highest BCUT2D eigenvalue weighted by Gasteiger charge is 2.19. The smallest absolute Gasteiger partial charge is 0.270 e. The van der Waals surface area contributed by atoms with Crippen LogP contribution in [0.4, 0.5) is 5.69 Å². The molecule has 2 aromatic heterocycles. The molecule has 4 aromatic rings. The molecule has 31 heavy (non-hydrogen) atoms. The van der Waals surface area contributed by atoms with Gasteiger partial charge < -0.3 is 5.32 Å². The van der Waals surface area contributed by atoms with Gasteiger partial charge in [0, 0.05) is 17.0 Å². The molecule has 1 atom stereocenters. The summed E-state index contributed by atoms with van der Waals surface area (Å²) in [6.07, 6.45) is 1.28. The van der Waals surface area contributed by atoms with E-state index in [0.29, 0.717) is 5.52 Å². The number of hydrogen-bond donors (Lipinski definition) is 1. The van der Waals surface area contributed by atoms with E-state index < -0.39 is 10.5 Å². The van der Waals surface area contributed by atoms with Crippen molar-refractivity contribution in [2.24, 2.45) is 0 Å². The first-order chi connectivity index (χ1) is 14.9. The van der Waals surface area contributed by atoms with Gasteiger partial charge in [0.05, 0.1) is 28.2 Å². The summed E-state index contributed by atoms with van der Waals surface area (Å²) in [6, 6.07) is 15.3. The average molecular weight is 434 g/mol. The Morgan fingerprint density at radius 2 is 2.00 bits per heavy atom. The van der Waals surface area contributed by atoms with Crippen molar-refractivity contribution in [3.63, 3.8) is 0 Å². The van der Waals surface area contributed by atoms with Crippen molar-refractivity contribution >= 4 is 33.8 Å². The first-order valence-electron chi connectivity index (χ1n) is 9.45. The van der Waals surface area contributed by atoms with Crippen LogP contribution in [0.1, 0.15) is 22.0 Å². The number of nitrogens with zero attached hydrogens (tertiary/aromatic N) is 3. The molecule has 0 fully saturated rings. The monoisotopic (exact) mass is 434 g/mol. The highest BCUT2D eigenvalue weighted by Crippen LogP contribution is 2.26. The molecule has 9 heteroatoms. The molecule has 2 heterocycles. The lowest BCUT2D eigenvalue weighted by molar-refractivity contribution is -0.384. The van der Waals surface area contributed by atoms with E-state index in [9.17, 15) is 19.7 Å². The molecule has 156 valence electrons. The molecule has 8 nitrogen and oxygen atoms in total. The van der Waals surface area contributed by atoms with E-state index in [1.807, 2.05) is 48.7 Å². The molecule has 4 rings (SSSR count). The Morgan fingerprint density at radius 3 is 2.68 bits per heavy atom. The van der Waals surface area contributed by atoms with Gasteiger partial charge in [0.25, 0.3) is 11.2 Å². The molecular formula is C22H18N4O4S. The number of amides is 1. The molecule has 0 aliphatic heterocycles. The standard InChI is InChI=1S/C22H18N4O4S/c1-14-4-6-15(7-5-14)21(19-3-2-10-31-19)24-20(27)12-25-13-23-18-9-8-16(26(29)30)11-17(18)22(25)28/h2-11,13,21H,12H2,1H3,(H,24,27). The van der Waals surface area contributed by atoms with Crippen LogP contribution in [-0.4, -0.2) is 20.4 Å². The molecule has 2 aromatic carbocycles. The fourth-order valence-corrected chi connectivity index (χ4v) is 4.07. The molecule has 0 aliphatic carbocycles. The summed E-state index contributed by atoms with van der Waals surface area (Å²) >= 11 is 1.53. The Kier molecular flexibility index (Phi) is 5.59. The molecule has 1 amide bonds. The van der Waals surface area contributed by atoms with Crippen molar-refractivity contribution in [3.8, 4) is 0 Å². The van der Waals surface area contributed by atoms with Crippen LogP contribution in [0.25, 0.3) is 10.9 Å². The topological polar surface area (TPSA) is 107 Å². The van der Waals surface area contributed by atoms with Crippen molar-refractivity contribution in [2.45, 2.75) is 19.5 Å². The number of rotatable bonds is 6. The third kappa shape index (κ3) is 4.36. The van der Waals surface area contributed by atoms with Gasteiger partial charge in [0.15, 0.2) is 0 Å². The van der Waals surface area contributed by atoms with Crippen molar-refractivity contribution in [2.75, 3.05) is 0 Å². The van der Waals surface area contributed by atoms with Gasteiger partial charge in [-0.3, -0.25) is 24.3 Å². The van der Waals surface area contributed by atoms with E-state index in [1.165, 1.54) is 35.9 Å². The predicted octanol–water partition coefficient (Wildman–Crippen LogP) is 3.58. The number of hydrogen-bond acceptors (Lipinski definition) is 6. The zero-order valence-electron chi connectivity index (χ0n) is 16.5. The quantitative estimate of drug-likeness (QED) is 0.369. The maximum absolute atomic E-state index is 12.8. The zero-order chi connectivity index (χ0) is 22.0. The maximum Gasteiger partial charge on any atom is 0.270 e. The first kappa shape index (κ1) is 20.4. The van der Waals surface area contributed by atoms with Gasteiger partial charge >= 0.3 is 0 Å². The van der Waals surface area contributed by atoms with Crippen LogP contribution in [0, 0.1) is 17.0 Å². The zero-order valence-corrected chi connectivity index (χ0v) is 17.3. The minimum Gasteiger partial charge on any atom is -0.343 e. The van der Waals surface area contributed by atoms with Gasteiger partial charge in [-0.2, -0.15) is 0 Å². The van der Waals surface area contributed by atoms with E-state index in [0.717, 1.165) is 20.6 Å². The predicted molar refractivity (Wildman–Crippen MR) is 118 cm³/mol. The van der Waals surface area contributed by atoms with Crippen LogP contribution in [0.3, 0.4) is 0 Å². The van der Waals surface area contributed by atoms with Crippen LogP contribution in [0.15, 0.2) is 71.1 Å². The summed E-state index contributed by atoms with van der Waals surface area (Å²) in [5.74, 6) is -0.368. The van der Waals surface area contributed by atoms with Crippen LogP contribution in [0.5, 0.6) is 0 Å². The Labute approximate surface area is 181 Å². The summed E-state index contributed by atoms with van der Waals surface area (Å²) in [6.45, 7) is 1.74. The first-order valence-corrected chi connectivity index (χ1v) is 10.3. The van der Waals surface area contributed by atoms with Gasteiger partial charge in [0.2, 0.25) is 5.91 Å². The minimum absolute atomic E-state index is 0.0952. The summed E-state index contributed by atoms with van der Waals surface area (Å²) in [7, 11) is 0. The molecule has 1 unspecified atom stereocenters. The number of fused-ring (bicyclic) bond motifs is 1. The van der Waals surface area contributed by atoms with E-state index in [4.69, 9.17) is 0 Å². The molecule has 1 N–H and O–H groups in total. The van der Waals surface area contributed by atoms with Crippen LogP contribution in [0.2, 0.25) is 0 Å². The Morgan fingerprint density at radius 1 is 1.23 bits per heavy atom. The van der Waals surface area contributed by atoms with Crippen LogP contribution < -0.4 is 10.9 Å². The normalized spacial score (nSPS) is 11.9. The van der Waals surface area contributed by atoms with Crippen molar-refractivity contribution in [1.29, 1.82) is 0 Å². The third-order valence-electron chi connectivity index (χ3n) is 4.88. The Bertz CT molecular complexity index is 1310. The van der Waals surface area contributed by atoms with Gasteiger partial charge in [-0.15, -0.1) is 11.3 Å². The van der Waals surface area contributed by atoms with Crippen molar-refractivity contribution in [1.82, 2.24) is 14.9 Å². The van der Waals surface area contributed by atoms with Gasteiger partial charge in [-0.25, -0.2) is 4.98 Å². The summed E-state index contributed by atoms with van der Waals surface area (Å²) in [4.78, 5) is 41.2. The molecule has 0 bridgehead atoms. The lowest BCUT2D eigenvalue weighted by atomic mass is 10.0. The Hall–Kier alpha value is -3.85. The number of aromatic nitrogens is 2. The molecule has 0 saturated heterocycles. The number of carbonyl (C=O) groups is 1. The summed E-state index contributed by atoms with van der Waals surface area (Å²) in [5, 5.41) is 16.0. The summed E-state index contributed by atoms with van der Waals surface area (Å²) in [5.41, 5.74) is 1.67. The van der Waals surface area contributed by atoms with E-state index in [1.54, 1.807) is 0 Å². The lowest BCUT2D eigenvalue weighted by Gasteiger charge is -2.19. The van der Waals surface area contributed by atoms with Crippen LogP contribution in [-0.2, 0) is 11.3 Å². The fraction of sp³-hybridized carbons (Fsp3) is 0.136. The van der Waals surface area contributed by atoms with Crippen LogP contribution >= 0.6 is 11.3 Å². The molecule has 0 radical (unpaired) electrons. The highest BCUT2D eigenvalue weighted by molar-refractivity contribution is 7.10. The van der Waals surface area contributed by atoms with Gasteiger partial charge in [-0.1, -0.05) is 35.9 Å². The van der Waals surface area contributed by atoms with E-state index in [2.05, 4.69) is 10.3 Å². The largest absolute Gasteiger partial charge is 0.343 e. The fourth-order valence-electron chi connectivity index (χ4n) is 3.27. The van der Waals surface area contributed by atoms with Gasteiger partial charge in [0.1, 0.15) is 6.54 Å². The molecule has 0 saturated carbocycles. The third-order valence-corrected chi connectivity index (χ3v) is 5.81. The number of thiophene rings is 1. The Balaban J connectivity index is 1.61.